The van der Waals surface area contributed by atoms with Crippen molar-refractivity contribution in [3.63, 3.8) is 0 Å². The Morgan fingerprint density at radius 1 is 1.29 bits per heavy atom. The lowest BCUT2D eigenvalue weighted by atomic mass is 10.2. The Hall–Kier alpha value is -1.74. The van der Waals surface area contributed by atoms with Gasteiger partial charge in [-0.05, 0) is 56.0 Å². The monoisotopic (exact) mass is 418 g/mol. The Kier molecular flexibility index (Phi) is 5.30. The van der Waals surface area contributed by atoms with Crippen LogP contribution in [0.4, 0.5) is 0 Å². The van der Waals surface area contributed by atoms with Crippen LogP contribution in [-0.2, 0) is 23.1 Å². The fourth-order valence-electron chi connectivity index (χ4n) is 4.00. The molecule has 0 unspecified atom stereocenters. The highest BCUT2D eigenvalue weighted by Crippen LogP contribution is 2.35. The molecule has 1 aliphatic heterocycles. The molecule has 1 atom stereocenters. The number of hydrogen-bond acceptors (Lipinski definition) is 5. The second kappa shape index (κ2) is 7.59. The molecular weight excluding hydrogens is 392 g/mol. The lowest BCUT2D eigenvalue weighted by Crippen LogP contribution is -2.24. The third-order valence-electron chi connectivity index (χ3n) is 5.47. The highest BCUT2D eigenvalue weighted by molar-refractivity contribution is 7.89. The molecule has 0 aliphatic carbocycles. The predicted molar refractivity (Wildman–Crippen MR) is 113 cm³/mol. The average molecular weight is 419 g/mol. The topological polar surface area (TPSA) is 58.4 Å². The van der Waals surface area contributed by atoms with E-state index < -0.39 is 10.0 Å². The van der Waals surface area contributed by atoms with Crippen molar-refractivity contribution in [3.8, 4) is 0 Å². The maximum atomic E-state index is 12.5. The molecule has 3 heterocycles. The van der Waals surface area contributed by atoms with Crippen molar-refractivity contribution in [2.24, 2.45) is 0 Å². The van der Waals surface area contributed by atoms with Crippen LogP contribution in [0.15, 0.2) is 40.6 Å². The molecule has 6 nitrogen and oxygen atoms in total. The van der Waals surface area contributed by atoms with E-state index in [-0.39, 0.29) is 4.90 Å². The van der Waals surface area contributed by atoms with E-state index in [9.17, 15) is 8.42 Å². The third kappa shape index (κ3) is 3.39. The number of aryl methyl sites for hydroxylation is 1. The molecule has 150 valence electrons. The number of aromatic nitrogens is 2. The molecule has 1 saturated heterocycles. The smallest absolute Gasteiger partial charge is 0.242 e. The zero-order valence-electron chi connectivity index (χ0n) is 16.5. The van der Waals surface area contributed by atoms with E-state index in [0.29, 0.717) is 6.04 Å². The van der Waals surface area contributed by atoms with E-state index in [4.69, 9.17) is 4.98 Å². The van der Waals surface area contributed by atoms with Crippen LogP contribution in [0.25, 0.3) is 11.0 Å². The van der Waals surface area contributed by atoms with Gasteiger partial charge in [-0.3, -0.25) is 4.90 Å². The minimum atomic E-state index is -3.46. The van der Waals surface area contributed by atoms with Crippen molar-refractivity contribution < 1.29 is 8.42 Å². The van der Waals surface area contributed by atoms with Crippen LogP contribution >= 0.6 is 11.3 Å². The molecule has 0 bridgehead atoms. The van der Waals surface area contributed by atoms with Gasteiger partial charge >= 0.3 is 0 Å². The van der Waals surface area contributed by atoms with Gasteiger partial charge in [0.1, 0.15) is 5.82 Å². The minimum Gasteiger partial charge on any atom is -0.327 e. The second-order valence-electron chi connectivity index (χ2n) is 7.35. The van der Waals surface area contributed by atoms with E-state index in [2.05, 4.69) is 33.9 Å². The van der Waals surface area contributed by atoms with Crippen LogP contribution in [0, 0.1) is 0 Å². The first kappa shape index (κ1) is 19.6. The predicted octanol–water partition coefficient (Wildman–Crippen LogP) is 3.71. The number of thiophene rings is 1. The first-order valence-electron chi connectivity index (χ1n) is 9.61. The van der Waals surface area contributed by atoms with Crippen molar-refractivity contribution in [2.75, 3.05) is 20.6 Å². The number of fused-ring (bicyclic) bond motifs is 1. The van der Waals surface area contributed by atoms with E-state index in [0.717, 1.165) is 36.5 Å². The van der Waals surface area contributed by atoms with Crippen LogP contribution < -0.4 is 0 Å². The highest BCUT2D eigenvalue weighted by Gasteiger charge is 2.28. The van der Waals surface area contributed by atoms with Gasteiger partial charge in [0.25, 0.3) is 0 Å². The van der Waals surface area contributed by atoms with Gasteiger partial charge in [0.05, 0.1) is 22.5 Å². The third-order valence-corrected chi connectivity index (χ3v) is 8.26. The first-order valence-corrected chi connectivity index (χ1v) is 11.9. The molecule has 0 spiro atoms. The van der Waals surface area contributed by atoms with Crippen molar-refractivity contribution in [1.82, 2.24) is 18.8 Å². The molecule has 2 aromatic heterocycles. The van der Waals surface area contributed by atoms with E-state index in [1.807, 2.05) is 17.4 Å². The van der Waals surface area contributed by atoms with Gasteiger partial charge in [-0.1, -0.05) is 6.07 Å². The fourth-order valence-corrected chi connectivity index (χ4v) is 5.82. The Labute approximate surface area is 170 Å². The summed E-state index contributed by atoms with van der Waals surface area (Å²) < 4.78 is 28.4. The van der Waals surface area contributed by atoms with Crippen LogP contribution in [-0.4, -0.2) is 47.8 Å². The number of rotatable bonds is 6. The number of sulfonamides is 1. The normalized spacial score (nSPS) is 18.5. The van der Waals surface area contributed by atoms with Gasteiger partial charge in [0.2, 0.25) is 10.0 Å². The molecular formula is C20H26N4O2S2. The summed E-state index contributed by atoms with van der Waals surface area (Å²) in [5.41, 5.74) is 1.73. The summed E-state index contributed by atoms with van der Waals surface area (Å²) in [5, 5.41) is 2.14. The van der Waals surface area contributed by atoms with Crippen LogP contribution in [0.2, 0.25) is 0 Å². The maximum absolute atomic E-state index is 12.5. The lowest BCUT2D eigenvalue weighted by molar-refractivity contribution is 0.242. The summed E-state index contributed by atoms with van der Waals surface area (Å²) >= 11 is 1.82. The van der Waals surface area contributed by atoms with Crippen LogP contribution in [0.1, 0.15) is 36.5 Å². The number of nitrogens with zero attached hydrogens (tertiary/aromatic N) is 4. The summed E-state index contributed by atoms with van der Waals surface area (Å²) in [6.45, 7) is 4.76. The lowest BCUT2D eigenvalue weighted by Gasteiger charge is -2.23. The molecule has 28 heavy (non-hydrogen) atoms. The summed E-state index contributed by atoms with van der Waals surface area (Å²) in [6, 6.07) is 10.0. The zero-order valence-corrected chi connectivity index (χ0v) is 18.1. The van der Waals surface area contributed by atoms with Crippen LogP contribution in [0.3, 0.4) is 0 Å². The maximum Gasteiger partial charge on any atom is 0.242 e. The standard InChI is InChI=1S/C20H26N4O2S2/c1-4-24-17-10-9-15(28(25,26)22(2)3)13-16(17)21-20(24)14-23-11-5-7-18(23)19-8-6-12-27-19/h6,8-10,12-13,18H,4-5,7,11,14H2,1-3H3/t18-/m1/s1. The minimum absolute atomic E-state index is 0.287. The molecule has 4 rings (SSSR count). The van der Waals surface area contributed by atoms with Gasteiger partial charge in [-0.2, -0.15) is 0 Å². The number of benzene rings is 1. The molecule has 1 aromatic carbocycles. The Morgan fingerprint density at radius 2 is 2.11 bits per heavy atom. The van der Waals surface area contributed by atoms with Crippen molar-refractivity contribution in [3.05, 3.63) is 46.4 Å². The zero-order chi connectivity index (χ0) is 19.9. The van der Waals surface area contributed by atoms with E-state index >= 15 is 0 Å². The Bertz CT molecular complexity index is 1070. The highest BCUT2D eigenvalue weighted by atomic mass is 32.2. The molecule has 0 amide bonds. The summed E-state index contributed by atoms with van der Waals surface area (Å²) in [4.78, 5) is 9.03. The number of likely N-dealkylation sites (tertiary alicyclic amines) is 1. The molecule has 1 fully saturated rings. The van der Waals surface area contributed by atoms with E-state index in [1.165, 1.54) is 22.0 Å². The Balaban J connectivity index is 1.69. The first-order chi connectivity index (χ1) is 13.4. The number of imidazole rings is 1. The van der Waals surface area contributed by atoms with Crippen molar-refractivity contribution >= 4 is 32.4 Å². The van der Waals surface area contributed by atoms with Crippen LogP contribution in [0.5, 0.6) is 0 Å². The van der Waals surface area contributed by atoms with Crippen molar-refractivity contribution in [1.29, 1.82) is 0 Å². The summed E-state index contributed by atoms with van der Waals surface area (Å²) in [6.07, 6.45) is 2.37. The van der Waals surface area contributed by atoms with Gasteiger partial charge in [0.15, 0.2) is 0 Å². The second-order valence-corrected chi connectivity index (χ2v) is 10.5. The molecule has 1 aliphatic rings. The SMILES string of the molecule is CCn1c(CN2CCC[C@@H]2c2cccs2)nc2cc(S(=O)(=O)N(C)C)ccc21. The van der Waals surface area contributed by atoms with Gasteiger partial charge in [0, 0.05) is 31.6 Å². The van der Waals surface area contributed by atoms with Gasteiger partial charge in [-0.15, -0.1) is 11.3 Å². The van der Waals surface area contributed by atoms with Crippen molar-refractivity contribution in [2.45, 2.75) is 43.8 Å². The molecule has 8 heteroatoms. The average Bonchev–Trinajstić information content (AvgIpc) is 3.40. The van der Waals surface area contributed by atoms with E-state index in [1.54, 1.807) is 26.2 Å². The molecule has 3 aromatic rings. The fraction of sp³-hybridized carbons (Fsp3) is 0.450. The summed E-state index contributed by atoms with van der Waals surface area (Å²) in [5.74, 6) is 1.00. The van der Waals surface area contributed by atoms with Gasteiger partial charge < -0.3 is 4.57 Å². The largest absolute Gasteiger partial charge is 0.327 e. The summed E-state index contributed by atoms with van der Waals surface area (Å²) in [7, 11) is -0.366. The Morgan fingerprint density at radius 3 is 2.79 bits per heavy atom. The molecule has 0 radical (unpaired) electrons. The quantitative estimate of drug-likeness (QED) is 0.612. The molecule has 0 saturated carbocycles. The number of hydrogen-bond donors (Lipinski definition) is 0. The van der Waals surface area contributed by atoms with Gasteiger partial charge in [-0.25, -0.2) is 17.7 Å². The molecule has 0 N–H and O–H groups in total.